The Labute approximate surface area is 115 Å². The van der Waals surface area contributed by atoms with Gasteiger partial charge in [-0.05, 0) is 18.2 Å². The molecule has 2 aromatic heterocycles. The van der Waals surface area contributed by atoms with Gasteiger partial charge in [0.25, 0.3) is 5.91 Å². The Morgan fingerprint density at radius 1 is 1.30 bits per heavy atom. The van der Waals surface area contributed by atoms with E-state index in [-0.39, 0.29) is 5.91 Å². The van der Waals surface area contributed by atoms with Crippen LogP contribution in [-0.4, -0.2) is 32.5 Å². The molecule has 1 aromatic carbocycles. The number of carbonyl (C=O) groups excluding carboxylic acids is 1. The second-order valence-corrected chi connectivity index (χ2v) is 4.19. The molecule has 100 valence electrons. The zero-order chi connectivity index (χ0) is 13.9. The summed E-state index contributed by atoms with van der Waals surface area (Å²) < 4.78 is 1.88. The molecule has 2 N–H and O–H groups in total. The molecule has 0 saturated carbocycles. The minimum atomic E-state index is -0.119. The third-order valence-corrected chi connectivity index (χ3v) is 2.96. The van der Waals surface area contributed by atoms with Crippen LogP contribution in [-0.2, 0) is 0 Å². The second-order valence-electron chi connectivity index (χ2n) is 4.19. The molecule has 0 aliphatic carbocycles. The fourth-order valence-electron chi connectivity index (χ4n) is 2.02. The number of aromatic amines is 1. The normalized spacial score (nSPS) is 10.4. The van der Waals surface area contributed by atoms with E-state index in [4.69, 9.17) is 0 Å². The molecule has 0 bridgehead atoms. The molecule has 0 aliphatic rings. The van der Waals surface area contributed by atoms with E-state index in [0.717, 1.165) is 5.69 Å². The predicted octanol–water partition coefficient (Wildman–Crippen LogP) is 1.62. The summed E-state index contributed by atoms with van der Waals surface area (Å²) in [5, 5.41) is 2.61. The average Bonchev–Trinajstić information content (AvgIpc) is 3.16. The summed E-state index contributed by atoms with van der Waals surface area (Å²) >= 11 is 0. The summed E-state index contributed by atoms with van der Waals surface area (Å²) in [6.45, 7) is 0. The van der Waals surface area contributed by atoms with E-state index >= 15 is 0 Å². The van der Waals surface area contributed by atoms with Gasteiger partial charge in [-0.3, -0.25) is 9.36 Å². The van der Waals surface area contributed by atoms with E-state index in [9.17, 15) is 4.79 Å². The standard InChI is InChI=1S/C14H13N5O/c1-15-14(20)10-3-2-4-11(9-10)19-8-7-18-13(19)12-16-5-6-17-12/h2-9H,1H3,(H,15,20)(H,16,17). The molecule has 3 rings (SSSR count). The average molecular weight is 267 g/mol. The highest BCUT2D eigenvalue weighted by Crippen LogP contribution is 2.18. The van der Waals surface area contributed by atoms with Gasteiger partial charge < -0.3 is 10.3 Å². The summed E-state index contributed by atoms with van der Waals surface area (Å²) in [4.78, 5) is 23.2. The van der Waals surface area contributed by atoms with Crippen LogP contribution in [0.4, 0.5) is 0 Å². The van der Waals surface area contributed by atoms with Crippen LogP contribution in [0.5, 0.6) is 0 Å². The van der Waals surface area contributed by atoms with Crippen molar-refractivity contribution in [2.45, 2.75) is 0 Å². The topological polar surface area (TPSA) is 75.6 Å². The van der Waals surface area contributed by atoms with Crippen LogP contribution < -0.4 is 5.32 Å². The lowest BCUT2D eigenvalue weighted by atomic mass is 10.2. The smallest absolute Gasteiger partial charge is 0.251 e. The highest BCUT2D eigenvalue weighted by molar-refractivity contribution is 5.94. The van der Waals surface area contributed by atoms with Gasteiger partial charge in [0.1, 0.15) is 0 Å². The van der Waals surface area contributed by atoms with Crippen LogP contribution in [0.25, 0.3) is 17.3 Å². The minimum absolute atomic E-state index is 0.119. The minimum Gasteiger partial charge on any atom is -0.355 e. The first-order valence-electron chi connectivity index (χ1n) is 6.15. The van der Waals surface area contributed by atoms with Crippen molar-refractivity contribution in [1.82, 2.24) is 24.8 Å². The van der Waals surface area contributed by atoms with Gasteiger partial charge in [0.15, 0.2) is 11.6 Å². The van der Waals surface area contributed by atoms with Crippen LogP contribution in [0.1, 0.15) is 10.4 Å². The number of benzene rings is 1. The molecule has 0 atom stereocenters. The zero-order valence-electron chi connectivity index (χ0n) is 10.9. The van der Waals surface area contributed by atoms with Crippen molar-refractivity contribution >= 4 is 5.91 Å². The van der Waals surface area contributed by atoms with Crippen molar-refractivity contribution in [2.75, 3.05) is 7.05 Å². The van der Waals surface area contributed by atoms with Crippen LogP contribution in [0, 0.1) is 0 Å². The highest BCUT2D eigenvalue weighted by atomic mass is 16.1. The molecule has 6 heteroatoms. The highest BCUT2D eigenvalue weighted by Gasteiger charge is 2.11. The van der Waals surface area contributed by atoms with Crippen LogP contribution in [0.15, 0.2) is 49.1 Å². The number of amides is 1. The molecule has 0 radical (unpaired) electrons. The Balaban J connectivity index is 2.06. The molecule has 6 nitrogen and oxygen atoms in total. The number of imidazole rings is 2. The molecule has 0 spiro atoms. The Morgan fingerprint density at radius 2 is 2.20 bits per heavy atom. The lowest BCUT2D eigenvalue weighted by molar-refractivity contribution is 0.0963. The van der Waals surface area contributed by atoms with Gasteiger partial charge in [0, 0.05) is 43.1 Å². The molecule has 0 aliphatic heterocycles. The molecule has 0 fully saturated rings. The second kappa shape index (κ2) is 5.00. The number of rotatable bonds is 3. The first kappa shape index (κ1) is 12.2. The molecule has 0 unspecified atom stereocenters. The molecular formula is C14H13N5O. The molecule has 3 aromatic rings. The number of hydrogen-bond donors (Lipinski definition) is 2. The Morgan fingerprint density at radius 3 is 2.95 bits per heavy atom. The first-order valence-corrected chi connectivity index (χ1v) is 6.15. The third kappa shape index (κ3) is 2.07. The van der Waals surface area contributed by atoms with Crippen molar-refractivity contribution in [3.05, 3.63) is 54.6 Å². The maximum atomic E-state index is 11.7. The van der Waals surface area contributed by atoms with Crippen molar-refractivity contribution in [3.63, 3.8) is 0 Å². The van der Waals surface area contributed by atoms with Gasteiger partial charge in [-0.1, -0.05) is 6.07 Å². The van der Waals surface area contributed by atoms with Gasteiger partial charge in [0.05, 0.1) is 0 Å². The quantitative estimate of drug-likeness (QED) is 0.757. The molecule has 20 heavy (non-hydrogen) atoms. The SMILES string of the molecule is CNC(=O)c1cccc(-n2ccnc2-c2ncc[nH]2)c1. The summed E-state index contributed by atoms with van der Waals surface area (Å²) in [7, 11) is 1.61. The number of aromatic nitrogens is 4. The lowest BCUT2D eigenvalue weighted by Gasteiger charge is -2.08. The summed E-state index contributed by atoms with van der Waals surface area (Å²) in [5.74, 6) is 1.26. The van der Waals surface area contributed by atoms with Gasteiger partial charge in [-0.2, -0.15) is 0 Å². The van der Waals surface area contributed by atoms with E-state index in [1.807, 2.05) is 29.0 Å². The molecule has 0 saturated heterocycles. The zero-order valence-corrected chi connectivity index (χ0v) is 10.9. The van der Waals surface area contributed by atoms with Gasteiger partial charge in [-0.25, -0.2) is 9.97 Å². The summed E-state index contributed by atoms with van der Waals surface area (Å²) in [6, 6.07) is 7.34. The van der Waals surface area contributed by atoms with E-state index in [2.05, 4.69) is 20.3 Å². The summed E-state index contributed by atoms with van der Waals surface area (Å²) in [5.41, 5.74) is 1.46. The number of hydrogen-bond acceptors (Lipinski definition) is 3. The van der Waals surface area contributed by atoms with E-state index in [1.165, 1.54) is 0 Å². The fraction of sp³-hybridized carbons (Fsp3) is 0.0714. The van der Waals surface area contributed by atoms with E-state index in [0.29, 0.717) is 17.2 Å². The predicted molar refractivity (Wildman–Crippen MR) is 74.5 cm³/mol. The van der Waals surface area contributed by atoms with Crippen LogP contribution in [0.3, 0.4) is 0 Å². The van der Waals surface area contributed by atoms with Gasteiger partial charge >= 0.3 is 0 Å². The first-order chi connectivity index (χ1) is 9.79. The van der Waals surface area contributed by atoms with Crippen molar-refractivity contribution < 1.29 is 4.79 Å². The molecule has 2 heterocycles. The maximum Gasteiger partial charge on any atom is 0.251 e. The fourth-order valence-corrected chi connectivity index (χ4v) is 2.02. The largest absolute Gasteiger partial charge is 0.355 e. The number of nitrogens with zero attached hydrogens (tertiary/aromatic N) is 3. The van der Waals surface area contributed by atoms with Crippen molar-refractivity contribution in [3.8, 4) is 17.3 Å². The monoisotopic (exact) mass is 267 g/mol. The number of H-pyrrole nitrogens is 1. The number of carbonyl (C=O) groups is 1. The van der Waals surface area contributed by atoms with Crippen LogP contribution in [0.2, 0.25) is 0 Å². The van der Waals surface area contributed by atoms with E-state index < -0.39 is 0 Å². The van der Waals surface area contributed by atoms with Crippen molar-refractivity contribution in [1.29, 1.82) is 0 Å². The maximum absolute atomic E-state index is 11.7. The third-order valence-electron chi connectivity index (χ3n) is 2.96. The summed E-state index contributed by atoms with van der Waals surface area (Å²) in [6.07, 6.45) is 6.95. The Kier molecular flexibility index (Phi) is 3.04. The Bertz CT molecular complexity index is 730. The molecular weight excluding hydrogens is 254 g/mol. The molecule has 1 amide bonds. The van der Waals surface area contributed by atoms with Crippen molar-refractivity contribution in [2.24, 2.45) is 0 Å². The van der Waals surface area contributed by atoms with E-state index in [1.54, 1.807) is 31.7 Å². The lowest BCUT2D eigenvalue weighted by Crippen LogP contribution is -2.17. The van der Waals surface area contributed by atoms with Gasteiger partial charge in [0.2, 0.25) is 0 Å². The Hall–Kier alpha value is -2.89. The number of nitrogens with one attached hydrogen (secondary N) is 2. The van der Waals surface area contributed by atoms with Crippen LogP contribution >= 0.6 is 0 Å². The van der Waals surface area contributed by atoms with Gasteiger partial charge in [-0.15, -0.1) is 0 Å².